The Balaban J connectivity index is 1.27. The molecule has 1 N–H and O–H groups in total. The van der Waals surface area contributed by atoms with Crippen molar-refractivity contribution in [3.8, 4) is 5.75 Å². The van der Waals surface area contributed by atoms with E-state index in [1.165, 1.54) is 11.0 Å². The Morgan fingerprint density at radius 2 is 1.79 bits per heavy atom. The number of hydrogen-bond donors (Lipinski definition) is 1. The lowest BCUT2D eigenvalue weighted by molar-refractivity contribution is -0.129. The Hall–Kier alpha value is -2.58. The molecule has 0 aliphatic carbocycles. The molecule has 2 bridgehead atoms. The zero-order valence-corrected chi connectivity index (χ0v) is 19.2. The third-order valence-corrected chi connectivity index (χ3v) is 6.84. The van der Waals surface area contributed by atoms with Crippen molar-refractivity contribution in [1.29, 1.82) is 0 Å². The Labute approximate surface area is 204 Å². The Kier molecular flexibility index (Phi) is 5.61. The van der Waals surface area contributed by atoms with Crippen molar-refractivity contribution in [2.45, 2.75) is 11.7 Å². The lowest BCUT2D eigenvalue weighted by Crippen LogP contribution is -2.49. The van der Waals surface area contributed by atoms with Gasteiger partial charge in [0.15, 0.2) is 6.61 Å². The van der Waals surface area contributed by atoms with Gasteiger partial charge in [-0.15, -0.1) is 0 Å². The predicted molar refractivity (Wildman–Crippen MR) is 123 cm³/mol. The molecule has 7 nitrogen and oxygen atoms in total. The van der Waals surface area contributed by atoms with E-state index in [0.29, 0.717) is 21.5 Å². The van der Waals surface area contributed by atoms with Gasteiger partial charge in [-0.2, -0.15) is 0 Å². The molecule has 2 aromatic carbocycles. The van der Waals surface area contributed by atoms with Gasteiger partial charge < -0.3 is 14.8 Å². The number of fused-ring (bicyclic) bond motifs is 5. The average molecular weight is 508 g/mol. The summed E-state index contributed by atoms with van der Waals surface area (Å²) < 4.78 is 11.5. The van der Waals surface area contributed by atoms with Crippen molar-refractivity contribution >= 4 is 58.2 Å². The van der Waals surface area contributed by atoms with Crippen LogP contribution in [0.25, 0.3) is 0 Å². The summed E-state index contributed by atoms with van der Waals surface area (Å²) in [6.45, 7) is -0.270. The largest absolute Gasteiger partial charge is 0.482 e. The van der Waals surface area contributed by atoms with Gasteiger partial charge in [0.05, 0.1) is 35.2 Å². The number of ether oxygens (including phenoxy) is 2. The third-order valence-electron chi connectivity index (χ3n) is 6.05. The number of carbonyl (C=O) groups excluding carboxylic acids is 3. The number of benzene rings is 2. The first-order valence-corrected chi connectivity index (χ1v) is 11.3. The molecule has 0 unspecified atom stereocenters. The molecule has 170 valence electrons. The minimum absolute atomic E-state index is 0.0190. The fraction of sp³-hybridized carbons (Fsp3) is 0.261. The van der Waals surface area contributed by atoms with E-state index in [9.17, 15) is 14.4 Å². The van der Waals surface area contributed by atoms with E-state index in [-0.39, 0.29) is 30.0 Å². The average Bonchev–Trinajstić information content (AvgIpc) is 3.43. The van der Waals surface area contributed by atoms with E-state index < -0.39 is 29.4 Å². The monoisotopic (exact) mass is 506 g/mol. The molecule has 0 saturated carbocycles. The highest BCUT2D eigenvalue weighted by atomic mass is 35.5. The van der Waals surface area contributed by atoms with Crippen molar-refractivity contribution in [2.24, 2.45) is 11.8 Å². The zero-order valence-electron chi connectivity index (χ0n) is 17.0. The lowest BCUT2D eigenvalue weighted by atomic mass is 9.77. The van der Waals surface area contributed by atoms with E-state index >= 15 is 0 Å². The fourth-order valence-corrected chi connectivity index (χ4v) is 5.16. The highest BCUT2D eigenvalue weighted by Crippen LogP contribution is 2.52. The number of amides is 3. The number of imide groups is 1. The van der Waals surface area contributed by atoms with Crippen molar-refractivity contribution in [3.63, 3.8) is 0 Å². The third kappa shape index (κ3) is 3.79. The van der Waals surface area contributed by atoms with Crippen molar-refractivity contribution in [3.05, 3.63) is 69.7 Å². The molecule has 2 saturated heterocycles. The fourth-order valence-electron chi connectivity index (χ4n) is 4.57. The second kappa shape index (κ2) is 8.33. The molecule has 3 heterocycles. The standard InChI is InChI=1S/C23H17Cl3N2O5/c24-12-1-4-14(5-2-12)28-21(30)19-17-7-8-23(33-17,20(19)22(28)31)11-27-18(29)10-32-16-6-3-13(25)9-15(16)26/h1-9,17,19-20H,10-11H2,(H,27,29)/t17-,19+,20-,23-/m1/s1. The molecule has 4 atom stereocenters. The van der Waals surface area contributed by atoms with Gasteiger partial charge in [-0.1, -0.05) is 47.0 Å². The number of hydrogen-bond acceptors (Lipinski definition) is 5. The van der Waals surface area contributed by atoms with Gasteiger partial charge in [-0.25, -0.2) is 4.90 Å². The second-order valence-corrected chi connectivity index (χ2v) is 9.31. The van der Waals surface area contributed by atoms with E-state index in [1.807, 2.05) is 0 Å². The lowest BCUT2D eigenvalue weighted by Gasteiger charge is -2.29. The van der Waals surface area contributed by atoms with E-state index in [4.69, 9.17) is 44.3 Å². The summed E-state index contributed by atoms with van der Waals surface area (Å²) in [6, 6.07) is 11.2. The maximum Gasteiger partial charge on any atom is 0.258 e. The van der Waals surface area contributed by atoms with Crippen LogP contribution in [0.15, 0.2) is 54.6 Å². The zero-order chi connectivity index (χ0) is 23.3. The molecule has 10 heteroatoms. The molecular weight excluding hydrogens is 491 g/mol. The van der Waals surface area contributed by atoms with Crippen molar-refractivity contribution in [1.82, 2.24) is 5.32 Å². The van der Waals surface area contributed by atoms with Crippen LogP contribution in [0.4, 0.5) is 5.69 Å². The quantitative estimate of drug-likeness (QED) is 0.477. The number of nitrogens with zero attached hydrogens (tertiary/aromatic N) is 1. The van der Waals surface area contributed by atoms with Gasteiger partial charge in [0, 0.05) is 10.0 Å². The van der Waals surface area contributed by atoms with Crippen LogP contribution in [-0.4, -0.2) is 42.6 Å². The van der Waals surface area contributed by atoms with Crippen LogP contribution in [0.3, 0.4) is 0 Å². The van der Waals surface area contributed by atoms with Crippen molar-refractivity contribution in [2.75, 3.05) is 18.1 Å². The molecule has 0 spiro atoms. The maximum absolute atomic E-state index is 13.3. The number of anilines is 1. The molecule has 33 heavy (non-hydrogen) atoms. The van der Waals surface area contributed by atoms with Gasteiger partial charge in [-0.05, 0) is 42.5 Å². The normalized spacial score (nSPS) is 27.2. The van der Waals surface area contributed by atoms with E-state index in [0.717, 1.165) is 0 Å². The van der Waals surface area contributed by atoms with Crippen LogP contribution in [0, 0.1) is 11.8 Å². The minimum atomic E-state index is -1.10. The molecule has 2 fully saturated rings. The highest BCUT2D eigenvalue weighted by Gasteiger charge is 2.67. The molecule has 0 aromatic heterocycles. The van der Waals surface area contributed by atoms with Gasteiger partial charge >= 0.3 is 0 Å². The summed E-state index contributed by atoms with van der Waals surface area (Å²) in [6.07, 6.45) is 3.00. The van der Waals surface area contributed by atoms with Crippen LogP contribution in [0.5, 0.6) is 5.75 Å². The number of halogens is 3. The summed E-state index contributed by atoms with van der Waals surface area (Å²) in [7, 11) is 0. The topological polar surface area (TPSA) is 84.9 Å². The van der Waals surface area contributed by atoms with Crippen molar-refractivity contribution < 1.29 is 23.9 Å². The van der Waals surface area contributed by atoms with E-state index in [2.05, 4.69) is 5.32 Å². The number of nitrogens with one attached hydrogen (secondary N) is 1. The van der Waals surface area contributed by atoms with Gasteiger partial charge in [0.2, 0.25) is 11.8 Å². The Morgan fingerprint density at radius 1 is 1.06 bits per heavy atom. The molecule has 2 aromatic rings. The maximum atomic E-state index is 13.3. The van der Waals surface area contributed by atoms with Crippen LogP contribution in [0.1, 0.15) is 0 Å². The minimum Gasteiger partial charge on any atom is -0.482 e. The molecule has 3 amide bonds. The molecule has 0 radical (unpaired) electrons. The number of carbonyl (C=O) groups is 3. The smallest absolute Gasteiger partial charge is 0.258 e. The summed E-state index contributed by atoms with van der Waals surface area (Å²) in [5.74, 6) is -2.16. The van der Waals surface area contributed by atoms with E-state index in [1.54, 1.807) is 48.6 Å². The van der Waals surface area contributed by atoms with Gasteiger partial charge in [-0.3, -0.25) is 14.4 Å². The van der Waals surface area contributed by atoms with Gasteiger partial charge in [0.25, 0.3) is 5.91 Å². The Bertz CT molecular complexity index is 1190. The Morgan fingerprint density at radius 3 is 2.52 bits per heavy atom. The highest BCUT2D eigenvalue weighted by molar-refractivity contribution is 6.35. The summed E-state index contributed by atoms with van der Waals surface area (Å²) in [5, 5.41) is 3.99. The van der Waals surface area contributed by atoms with Crippen LogP contribution in [0.2, 0.25) is 15.1 Å². The molecule has 3 aliphatic rings. The molecule has 3 aliphatic heterocycles. The summed E-state index contributed by atoms with van der Waals surface area (Å²) in [5.41, 5.74) is -0.646. The SMILES string of the molecule is O=C(COc1ccc(Cl)cc1Cl)NC[C@@]12C=C[C@@H](O1)[C@@H]1C(=O)N(c3ccc(Cl)cc3)C(=O)[C@@H]12. The first-order valence-electron chi connectivity index (χ1n) is 10.1. The summed E-state index contributed by atoms with van der Waals surface area (Å²) in [4.78, 5) is 40.0. The van der Waals surface area contributed by atoms with Crippen LogP contribution < -0.4 is 15.0 Å². The molecule has 5 rings (SSSR count). The number of rotatable bonds is 6. The first-order chi connectivity index (χ1) is 15.8. The second-order valence-electron chi connectivity index (χ2n) is 8.03. The van der Waals surface area contributed by atoms with Gasteiger partial charge in [0.1, 0.15) is 11.4 Å². The molecular formula is C23H17Cl3N2O5. The van der Waals surface area contributed by atoms with Crippen LogP contribution >= 0.6 is 34.8 Å². The predicted octanol–water partition coefficient (Wildman–Crippen LogP) is 3.66. The first kappa shape index (κ1) is 22.2. The van der Waals surface area contributed by atoms with Crippen LogP contribution in [-0.2, 0) is 19.1 Å². The summed E-state index contributed by atoms with van der Waals surface area (Å²) >= 11 is 17.8.